The highest BCUT2D eigenvalue weighted by Crippen LogP contribution is 2.36. The molecule has 0 amide bonds. The van der Waals surface area contributed by atoms with Crippen LogP contribution in [0.5, 0.6) is 0 Å². The third-order valence-electron chi connectivity index (χ3n) is 4.77. The summed E-state index contributed by atoms with van der Waals surface area (Å²) >= 11 is 1.13. The van der Waals surface area contributed by atoms with E-state index < -0.39 is 6.09 Å². The number of ether oxygens (including phenoxy) is 1. The van der Waals surface area contributed by atoms with Gasteiger partial charge in [0.2, 0.25) is 0 Å². The van der Waals surface area contributed by atoms with Crippen molar-refractivity contribution in [3.05, 3.63) is 64.4 Å². The second kappa shape index (κ2) is 7.18. The molecule has 0 unspecified atom stereocenters. The normalized spacial score (nSPS) is 11.2. The summed E-state index contributed by atoms with van der Waals surface area (Å²) in [5.41, 5.74) is 3.76. The number of pyridine rings is 1. The molecular weight excluding hydrogens is 374 g/mol. The first-order chi connectivity index (χ1) is 13.6. The number of carbonyl (C=O) groups excluding carboxylic acids is 1. The van der Waals surface area contributed by atoms with Crippen LogP contribution >= 0.6 is 11.9 Å². The monoisotopic (exact) mass is 393 g/mol. The number of nitrogens with two attached hydrogens (primary N) is 1. The number of para-hydroxylation sites is 1. The van der Waals surface area contributed by atoms with E-state index in [4.69, 9.17) is 9.88 Å². The number of nitrogens with zero attached hydrogens (tertiary/aromatic N) is 1. The second-order valence-corrected chi connectivity index (χ2v) is 7.08. The summed E-state index contributed by atoms with van der Waals surface area (Å²) in [4.78, 5) is 29.4. The van der Waals surface area contributed by atoms with E-state index in [1.165, 1.54) is 4.57 Å². The van der Waals surface area contributed by atoms with Crippen molar-refractivity contribution >= 4 is 40.0 Å². The van der Waals surface area contributed by atoms with E-state index >= 15 is 0 Å². The molecule has 2 aromatic heterocycles. The van der Waals surface area contributed by atoms with E-state index in [0.29, 0.717) is 27.7 Å². The second-order valence-electron chi connectivity index (χ2n) is 6.37. The number of aromatic nitrogens is 2. The molecule has 0 radical (unpaired) electrons. The van der Waals surface area contributed by atoms with Crippen LogP contribution in [-0.2, 0) is 4.74 Å². The SMILES string of the molecule is CCOC(=O)n1c2ccccc2c2[nH]c(=O)c(C)c(-c3cccc(SN)c3)c21. The smallest absolute Gasteiger partial charge is 0.419 e. The van der Waals surface area contributed by atoms with Crippen LogP contribution in [-0.4, -0.2) is 22.3 Å². The summed E-state index contributed by atoms with van der Waals surface area (Å²) in [5.74, 6) is 0. The first-order valence-corrected chi connectivity index (χ1v) is 9.75. The molecule has 28 heavy (non-hydrogen) atoms. The Labute approximate surface area is 165 Å². The van der Waals surface area contributed by atoms with Gasteiger partial charge in [-0.2, -0.15) is 0 Å². The molecule has 3 N–H and O–H groups in total. The zero-order valence-electron chi connectivity index (χ0n) is 15.5. The van der Waals surface area contributed by atoms with E-state index in [1.54, 1.807) is 13.8 Å². The van der Waals surface area contributed by atoms with Crippen LogP contribution in [0.25, 0.3) is 33.1 Å². The van der Waals surface area contributed by atoms with Gasteiger partial charge in [-0.1, -0.05) is 30.3 Å². The summed E-state index contributed by atoms with van der Waals surface area (Å²) in [6.45, 7) is 3.77. The Morgan fingerprint density at radius 2 is 2.00 bits per heavy atom. The summed E-state index contributed by atoms with van der Waals surface area (Å²) < 4.78 is 6.85. The molecule has 4 aromatic rings. The van der Waals surface area contributed by atoms with E-state index in [0.717, 1.165) is 27.8 Å². The Hall–Kier alpha value is -3.03. The third kappa shape index (κ3) is 2.80. The number of aromatic amines is 1. The molecule has 0 fully saturated rings. The zero-order valence-corrected chi connectivity index (χ0v) is 16.3. The molecule has 0 aliphatic heterocycles. The van der Waals surface area contributed by atoms with Gasteiger partial charge in [0.25, 0.3) is 5.56 Å². The van der Waals surface area contributed by atoms with Gasteiger partial charge in [-0.15, -0.1) is 0 Å². The predicted octanol–water partition coefficient (Wildman–Crippen LogP) is 4.43. The average molecular weight is 393 g/mol. The summed E-state index contributed by atoms with van der Waals surface area (Å²) in [7, 11) is 0. The lowest BCUT2D eigenvalue weighted by Gasteiger charge is -2.12. The van der Waals surface area contributed by atoms with Gasteiger partial charge in [0.15, 0.2) is 0 Å². The average Bonchev–Trinajstić information content (AvgIpc) is 3.03. The number of rotatable bonds is 3. The Balaban J connectivity index is 2.22. The Bertz CT molecular complexity index is 1270. The number of hydrogen-bond donors (Lipinski definition) is 2. The van der Waals surface area contributed by atoms with Gasteiger partial charge in [-0.05, 0) is 49.6 Å². The fourth-order valence-electron chi connectivity index (χ4n) is 3.56. The molecule has 142 valence electrons. The van der Waals surface area contributed by atoms with Crippen LogP contribution in [0, 0.1) is 6.92 Å². The molecule has 0 aliphatic carbocycles. The lowest BCUT2D eigenvalue weighted by molar-refractivity contribution is 0.156. The van der Waals surface area contributed by atoms with Crippen molar-refractivity contribution in [1.82, 2.24) is 9.55 Å². The Morgan fingerprint density at radius 1 is 1.21 bits per heavy atom. The Kier molecular flexibility index (Phi) is 4.70. The molecule has 0 saturated carbocycles. The van der Waals surface area contributed by atoms with Crippen LogP contribution in [0.3, 0.4) is 0 Å². The molecule has 0 spiro atoms. The van der Waals surface area contributed by atoms with Gasteiger partial charge in [0, 0.05) is 21.4 Å². The van der Waals surface area contributed by atoms with Crippen LogP contribution in [0.15, 0.2) is 58.2 Å². The highest BCUT2D eigenvalue weighted by Gasteiger charge is 2.23. The van der Waals surface area contributed by atoms with E-state index in [1.807, 2.05) is 48.5 Å². The van der Waals surface area contributed by atoms with Crippen molar-refractivity contribution in [3.63, 3.8) is 0 Å². The standard InChI is InChI=1S/C21H19N3O3S/c1-3-27-21(26)24-16-10-5-4-9-15(16)18-19(24)17(12(2)20(25)23-18)13-7-6-8-14(11-13)28-22/h4-11H,3,22H2,1-2H3,(H,23,25). The molecule has 2 aromatic carbocycles. The topological polar surface area (TPSA) is 90.1 Å². The predicted molar refractivity (Wildman–Crippen MR) is 113 cm³/mol. The number of benzene rings is 2. The van der Waals surface area contributed by atoms with Crippen molar-refractivity contribution in [2.24, 2.45) is 5.14 Å². The molecule has 0 atom stereocenters. The van der Waals surface area contributed by atoms with E-state index in [2.05, 4.69) is 4.98 Å². The molecule has 0 saturated heterocycles. The maximum atomic E-state index is 12.9. The van der Waals surface area contributed by atoms with Gasteiger partial charge in [-0.25, -0.2) is 9.36 Å². The highest BCUT2D eigenvalue weighted by molar-refractivity contribution is 7.97. The van der Waals surface area contributed by atoms with Gasteiger partial charge in [0.05, 0.1) is 23.2 Å². The molecule has 2 heterocycles. The molecule has 0 bridgehead atoms. The Morgan fingerprint density at radius 3 is 2.75 bits per heavy atom. The van der Waals surface area contributed by atoms with Crippen molar-refractivity contribution in [2.45, 2.75) is 18.7 Å². The van der Waals surface area contributed by atoms with Crippen LogP contribution in [0.2, 0.25) is 0 Å². The highest BCUT2D eigenvalue weighted by atomic mass is 32.2. The summed E-state index contributed by atoms with van der Waals surface area (Å²) in [6, 6.07) is 15.1. The quantitative estimate of drug-likeness (QED) is 0.503. The van der Waals surface area contributed by atoms with Crippen molar-refractivity contribution in [3.8, 4) is 11.1 Å². The minimum absolute atomic E-state index is 0.194. The molecular formula is C21H19N3O3S. The minimum atomic E-state index is -0.481. The number of carbonyl (C=O) groups is 1. The van der Waals surface area contributed by atoms with Crippen molar-refractivity contribution in [2.75, 3.05) is 6.61 Å². The number of H-pyrrole nitrogens is 1. The fraction of sp³-hybridized carbons (Fsp3) is 0.143. The minimum Gasteiger partial charge on any atom is -0.449 e. The maximum Gasteiger partial charge on any atom is 0.419 e. The van der Waals surface area contributed by atoms with Crippen LogP contribution in [0.1, 0.15) is 12.5 Å². The van der Waals surface area contributed by atoms with Crippen molar-refractivity contribution in [1.29, 1.82) is 0 Å². The third-order valence-corrected chi connectivity index (χ3v) is 5.30. The van der Waals surface area contributed by atoms with Gasteiger partial charge in [-0.3, -0.25) is 9.93 Å². The van der Waals surface area contributed by atoms with Gasteiger partial charge < -0.3 is 9.72 Å². The number of fused-ring (bicyclic) bond motifs is 3. The number of nitrogens with one attached hydrogen (secondary N) is 1. The maximum absolute atomic E-state index is 12.9. The zero-order chi connectivity index (χ0) is 19.8. The molecule has 6 nitrogen and oxygen atoms in total. The summed E-state index contributed by atoms with van der Waals surface area (Å²) in [6.07, 6.45) is -0.481. The molecule has 7 heteroatoms. The number of hydrogen-bond acceptors (Lipinski definition) is 5. The lowest BCUT2D eigenvalue weighted by Crippen LogP contribution is -2.16. The fourth-order valence-corrected chi connectivity index (χ4v) is 3.91. The van der Waals surface area contributed by atoms with E-state index in [-0.39, 0.29) is 12.2 Å². The molecule has 4 rings (SSSR count). The van der Waals surface area contributed by atoms with Gasteiger partial charge >= 0.3 is 6.09 Å². The first-order valence-electron chi connectivity index (χ1n) is 8.87. The van der Waals surface area contributed by atoms with Crippen molar-refractivity contribution < 1.29 is 9.53 Å². The van der Waals surface area contributed by atoms with Gasteiger partial charge in [0.1, 0.15) is 0 Å². The molecule has 0 aliphatic rings. The van der Waals surface area contributed by atoms with Crippen LogP contribution < -0.4 is 10.7 Å². The summed E-state index contributed by atoms with van der Waals surface area (Å²) in [5, 5.41) is 6.51. The largest absolute Gasteiger partial charge is 0.449 e. The lowest BCUT2D eigenvalue weighted by atomic mass is 10.00. The van der Waals surface area contributed by atoms with Crippen LogP contribution in [0.4, 0.5) is 4.79 Å². The first kappa shape index (κ1) is 18.3. The van der Waals surface area contributed by atoms with E-state index in [9.17, 15) is 9.59 Å².